The Morgan fingerprint density at radius 1 is 1.53 bits per heavy atom. The molecule has 0 bridgehead atoms. The number of rotatable bonds is 5. The largest absolute Gasteiger partial charge is 0.353 e. The van der Waals surface area contributed by atoms with E-state index in [1.807, 2.05) is 13.8 Å². The van der Waals surface area contributed by atoms with Crippen molar-refractivity contribution >= 4 is 28.3 Å². The topological polar surface area (TPSA) is 71.1 Å². The van der Waals surface area contributed by atoms with Gasteiger partial charge in [0.15, 0.2) is 5.13 Å². The van der Waals surface area contributed by atoms with E-state index in [0.717, 1.165) is 6.42 Å². The Morgan fingerprint density at radius 3 is 2.82 bits per heavy atom. The molecule has 0 saturated heterocycles. The fourth-order valence-electron chi connectivity index (χ4n) is 1.19. The SMILES string of the molecule is CCC(C)NC(=O)Cc1csc(NC(C)=O)n1. The number of carbonyl (C=O) groups is 2. The summed E-state index contributed by atoms with van der Waals surface area (Å²) in [7, 11) is 0. The highest BCUT2D eigenvalue weighted by Crippen LogP contribution is 2.15. The lowest BCUT2D eigenvalue weighted by molar-refractivity contribution is -0.121. The van der Waals surface area contributed by atoms with Gasteiger partial charge in [-0.05, 0) is 13.3 Å². The fourth-order valence-corrected chi connectivity index (χ4v) is 1.94. The summed E-state index contributed by atoms with van der Waals surface area (Å²) in [6.07, 6.45) is 1.15. The van der Waals surface area contributed by atoms with Crippen molar-refractivity contribution in [2.45, 2.75) is 39.7 Å². The maximum atomic E-state index is 11.6. The molecule has 2 amide bonds. The van der Waals surface area contributed by atoms with Crippen LogP contribution in [0.5, 0.6) is 0 Å². The lowest BCUT2D eigenvalue weighted by atomic mass is 10.2. The Kier molecular flexibility index (Phi) is 5.09. The number of aromatic nitrogens is 1. The van der Waals surface area contributed by atoms with Crippen LogP contribution < -0.4 is 10.6 Å². The Labute approximate surface area is 105 Å². The van der Waals surface area contributed by atoms with Crippen LogP contribution in [0.15, 0.2) is 5.38 Å². The summed E-state index contributed by atoms with van der Waals surface area (Å²) in [4.78, 5) is 26.5. The van der Waals surface area contributed by atoms with E-state index < -0.39 is 0 Å². The van der Waals surface area contributed by atoms with E-state index in [9.17, 15) is 9.59 Å². The first-order valence-electron chi connectivity index (χ1n) is 5.52. The first-order valence-corrected chi connectivity index (χ1v) is 6.40. The van der Waals surface area contributed by atoms with Gasteiger partial charge in [-0.15, -0.1) is 11.3 Å². The molecule has 1 heterocycles. The van der Waals surface area contributed by atoms with Gasteiger partial charge in [0.05, 0.1) is 12.1 Å². The minimum Gasteiger partial charge on any atom is -0.353 e. The number of thiazole rings is 1. The van der Waals surface area contributed by atoms with Crippen LogP contribution in [-0.4, -0.2) is 22.8 Å². The second kappa shape index (κ2) is 6.34. The van der Waals surface area contributed by atoms with E-state index in [1.165, 1.54) is 18.3 Å². The van der Waals surface area contributed by atoms with E-state index in [-0.39, 0.29) is 24.3 Å². The molecule has 5 nitrogen and oxygen atoms in total. The third kappa shape index (κ3) is 4.95. The minimum atomic E-state index is -0.157. The summed E-state index contributed by atoms with van der Waals surface area (Å²) in [6, 6.07) is 0.177. The van der Waals surface area contributed by atoms with Crippen LogP contribution in [0.2, 0.25) is 0 Å². The van der Waals surface area contributed by atoms with Gasteiger partial charge in [0.2, 0.25) is 11.8 Å². The van der Waals surface area contributed by atoms with Gasteiger partial charge in [-0.2, -0.15) is 0 Å². The zero-order chi connectivity index (χ0) is 12.8. The van der Waals surface area contributed by atoms with Crippen molar-refractivity contribution in [2.24, 2.45) is 0 Å². The summed E-state index contributed by atoms with van der Waals surface area (Å²) in [5.74, 6) is -0.200. The molecular formula is C11H17N3O2S. The first kappa shape index (κ1) is 13.6. The summed E-state index contributed by atoms with van der Waals surface area (Å²) in [6.45, 7) is 5.40. The maximum Gasteiger partial charge on any atom is 0.226 e. The number of nitrogens with one attached hydrogen (secondary N) is 2. The highest BCUT2D eigenvalue weighted by molar-refractivity contribution is 7.13. The predicted octanol–water partition coefficient (Wildman–Crippen LogP) is 1.56. The van der Waals surface area contributed by atoms with Crippen molar-refractivity contribution in [3.8, 4) is 0 Å². The molecule has 0 saturated carbocycles. The summed E-state index contributed by atoms with van der Waals surface area (Å²) >= 11 is 1.32. The molecular weight excluding hydrogens is 238 g/mol. The molecule has 1 aromatic rings. The first-order chi connectivity index (χ1) is 8.01. The van der Waals surface area contributed by atoms with Crippen LogP contribution in [-0.2, 0) is 16.0 Å². The Morgan fingerprint density at radius 2 is 2.24 bits per heavy atom. The molecule has 6 heteroatoms. The normalized spacial score (nSPS) is 11.9. The van der Waals surface area contributed by atoms with Crippen molar-refractivity contribution < 1.29 is 9.59 Å². The molecule has 0 aromatic carbocycles. The molecule has 1 aromatic heterocycles. The van der Waals surface area contributed by atoms with E-state index >= 15 is 0 Å². The van der Waals surface area contributed by atoms with Crippen LogP contribution in [0.25, 0.3) is 0 Å². The van der Waals surface area contributed by atoms with E-state index in [1.54, 1.807) is 5.38 Å². The van der Waals surface area contributed by atoms with Gasteiger partial charge in [-0.1, -0.05) is 6.92 Å². The van der Waals surface area contributed by atoms with Gasteiger partial charge in [0, 0.05) is 18.3 Å². The number of amides is 2. The predicted molar refractivity (Wildman–Crippen MR) is 68.0 cm³/mol. The third-order valence-corrected chi connectivity index (χ3v) is 3.00. The number of anilines is 1. The lowest BCUT2D eigenvalue weighted by Crippen LogP contribution is -2.33. The Balaban J connectivity index is 2.48. The van der Waals surface area contributed by atoms with E-state index in [2.05, 4.69) is 15.6 Å². The van der Waals surface area contributed by atoms with E-state index in [0.29, 0.717) is 10.8 Å². The molecule has 94 valence electrons. The van der Waals surface area contributed by atoms with Crippen LogP contribution >= 0.6 is 11.3 Å². The summed E-state index contributed by atoms with van der Waals surface area (Å²) < 4.78 is 0. The zero-order valence-corrected chi connectivity index (χ0v) is 11.1. The number of hydrogen-bond donors (Lipinski definition) is 2. The second-order valence-corrected chi connectivity index (χ2v) is 4.74. The van der Waals surface area contributed by atoms with Gasteiger partial charge in [-0.25, -0.2) is 4.98 Å². The molecule has 0 fully saturated rings. The quantitative estimate of drug-likeness (QED) is 0.838. The summed E-state index contributed by atoms with van der Waals surface area (Å²) in [5.41, 5.74) is 0.680. The lowest BCUT2D eigenvalue weighted by Gasteiger charge is -2.10. The average molecular weight is 255 g/mol. The fraction of sp³-hybridized carbons (Fsp3) is 0.545. The molecule has 1 unspecified atom stereocenters. The van der Waals surface area contributed by atoms with Crippen molar-refractivity contribution in [1.29, 1.82) is 0 Å². The van der Waals surface area contributed by atoms with Gasteiger partial charge >= 0.3 is 0 Å². The number of carbonyl (C=O) groups excluding carboxylic acids is 2. The van der Waals surface area contributed by atoms with Gasteiger partial charge in [0.1, 0.15) is 0 Å². The van der Waals surface area contributed by atoms with Crippen LogP contribution in [0.4, 0.5) is 5.13 Å². The number of nitrogens with zero attached hydrogens (tertiary/aromatic N) is 1. The molecule has 0 aliphatic carbocycles. The van der Waals surface area contributed by atoms with Crippen molar-refractivity contribution in [1.82, 2.24) is 10.3 Å². The molecule has 1 atom stereocenters. The minimum absolute atomic E-state index is 0.0426. The highest BCUT2D eigenvalue weighted by atomic mass is 32.1. The molecule has 1 rings (SSSR count). The highest BCUT2D eigenvalue weighted by Gasteiger charge is 2.10. The molecule has 0 aliphatic rings. The monoisotopic (exact) mass is 255 g/mol. The van der Waals surface area contributed by atoms with Gasteiger partial charge in [0.25, 0.3) is 0 Å². The standard InChI is InChI=1S/C11H17N3O2S/c1-4-7(2)12-10(16)5-9-6-17-11(14-9)13-8(3)15/h6-7H,4-5H2,1-3H3,(H,12,16)(H,13,14,15). The average Bonchev–Trinajstić information content (AvgIpc) is 2.63. The maximum absolute atomic E-state index is 11.6. The van der Waals surface area contributed by atoms with Gasteiger partial charge < -0.3 is 10.6 Å². The molecule has 2 N–H and O–H groups in total. The van der Waals surface area contributed by atoms with Crippen molar-refractivity contribution in [3.05, 3.63) is 11.1 Å². The Hall–Kier alpha value is -1.43. The van der Waals surface area contributed by atoms with Crippen LogP contribution in [0.3, 0.4) is 0 Å². The number of hydrogen-bond acceptors (Lipinski definition) is 4. The zero-order valence-electron chi connectivity index (χ0n) is 10.2. The van der Waals surface area contributed by atoms with Crippen LogP contribution in [0.1, 0.15) is 32.9 Å². The third-order valence-electron chi connectivity index (χ3n) is 2.20. The molecule has 0 radical (unpaired) electrons. The van der Waals surface area contributed by atoms with Crippen LogP contribution in [0, 0.1) is 0 Å². The summed E-state index contributed by atoms with van der Waals surface area (Å²) in [5, 5.41) is 7.76. The molecule has 0 spiro atoms. The van der Waals surface area contributed by atoms with Gasteiger partial charge in [-0.3, -0.25) is 9.59 Å². The van der Waals surface area contributed by atoms with Crippen molar-refractivity contribution in [3.63, 3.8) is 0 Å². The van der Waals surface area contributed by atoms with E-state index in [4.69, 9.17) is 0 Å². The molecule has 17 heavy (non-hydrogen) atoms. The smallest absolute Gasteiger partial charge is 0.226 e. The second-order valence-electron chi connectivity index (χ2n) is 3.88. The van der Waals surface area contributed by atoms with Crippen molar-refractivity contribution in [2.75, 3.05) is 5.32 Å². The Bertz CT molecular complexity index is 403. The molecule has 0 aliphatic heterocycles.